The largest absolute Gasteiger partial charge is 0.377 e. The van der Waals surface area contributed by atoms with Gasteiger partial charge in [0.2, 0.25) is 5.91 Å². The maximum absolute atomic E-state index is 12.9. The number of ether oxygens (including phenoxy) is 1. The smallest absolute Gasteiger partial charge is 0.241 e. The number of carbonyl (C=O) groups excluding carboxylic acids is 1. The Morgan fingerprint density at radius 3 is 2.57 bits per heavy atom. The molecule has 0 spiro atoms. The Hall–Kier alpha value is -0.610. The molecule has 4 heteroatoms. The molecular formula is C17H30N2O2. The second-order valence-corrected chi connectivity index (χ2v) is 7.94. The molecule has 3 N–H and O–H groups in total. The number of nitrogens with one attached hydrogen (secondary N) is 1. The van der Waals surface area contributed by atoms with Crippen LogP contribution in [0.3, 0.4) is 0 Å². The van der Waals surface area contributed by atoms with Crippen molar-refractivity contribution in [3.8, 4) is 0 Å². The fraction of sp³-hybridized carbons (Fsp3) is 0.941. The maximum atomic E-state index is 12.9. The van der Waals surface area contributed by atoms with Crippen molar-refractivity contribution in [2.75, 3.05) is 6.61 Å². The van der Waals surface area contributed by atoms with Crippen LogP contribution in [0.2, 0.25) is 0 Å². The van der Waals surface area contributed by atoms with Crippen LogP contribution in [0.25, 0.3) is 0 Å². The molecule has 1 saturated heterocycles. The topological polar surface area (TPSA) is 64.4 Å². The number of amides is 1. The molecule has 1 aliphatic heterocycles. The van der Waals surface area contributed by atoms with Crippen LogP contribution in [0, 0.1) is 17.3 Å². The molecular weight excluding hydrogens is 264 g/mol. The van der Waals surface area contributed by atoms with Gasteiger partial charge in [-0.15, -0.1) is 0 Å². The molecule has 0 radical (unpaired) electrons. The lowest BCUT2D eigenvalue weighted by molar-refractivity contribution is -0.225. The first-order chi connectivity index (χ1) is 9.89. The van der Waals surface area contributed by atoms with Crippen LogP contribution in [0.15, 0.2) is 0 Å². The van der Waals surface area contributed by atoms with Gasteiger partial charge in [0.05, 0.1) is 6.10 Å². The Kier molecular flexibility index (Phi) is 3.81. The van der Waals surface area contributed by atoms with E-state index in [1.807, 2.05) is 0 Å². The van der Waals surface area contributed by atoms with Crippen molar-refractivity contribution in [3.63, 3.8) is 0 Å². The summed E-state index contributed by atoms with van der Waals surface area (Å²) in [6.07, 6.45) is 7.22. The summed E-state index contributed by atoms with van der Waals surface area (Å²) >= 11 is 0. The van der Waals surface area contributed by atoms with Crippen molar-refractivity contribution in [3.05, 3.63) is 0 Å². The van der Waals surface area contributed by atoms with E-state index in [0.717, 1.165) is 19.4 Å². The molecule has 21 heavy (non-hydrogen) atoms. The van der Waals surface area contributed by atoms with E-state index in [4.69, 9.17) is 10.5 Å². The van der Waals surface area contributed by atoms with Crippen molar-refractivity contribution in [1.29, 1.82) is 0 Å². The number of nitrogens with two attached hydrogens (primary N) is 1. The highest BCUT2D eigenvalue weighted by Gasteiger charge is 2.70. The van der Waals surface area contributed by atoms with Gasteiger partial charge in [-0.3, -0.25) is 4.79 Å². The maximum Gasteiger partial charge on any atom is 0.241 e. The molecule has 4 atom stereocenters. The van der Waals surface area contributed by atoms with Gasteiger partial charge in [0.15, 0.2) is 0 Å². The van der Waals surface area contributed by atoms with Crippen molar-refractivity contribution in [1.82, 2.24) is 5.32 Å². The Balaban J connectivity index is 1.70. The van der Waals surface area contributed by atoms with Crippen LogP contribution in [0.1, 0.15) is 59.3 Å². The molecule has 0 bridgehead atoms. The summed E-state index contributed by atoms with van der Waals surface area (Å²) in [6, 6.07) is 0.236. The molecule has 120 valence electrons. The second kappa shape index (κ2) is 5.24. The molecule has 1 heterocycles. The molecule has 0 aromatic heterocycles. The number of hydrogen-bond acceptors (Lipinski definition) is 3. The molecule has 3 aliphatic rings. The van der Waals surface area contributed by atoms with Crippen molar-refractivity contribution >= 4 is 5.91 Å². The molecule has 4 unspecified atom stereocenters. The van der Waals surface area contributed by atoms with Crippen LogP contribution >= 0.6 is 0 Å². The van der Waals surface area contributed by atoms with Crippen molar-refractivity contribution in [2.24, 2.45) is 23.0 Å². The minimum atomic E-state index is -0.773. The van der Waals surface area contributed by atoms with Crippen LogP contribution in [0.5, 0.6) is 0 Å². The van der Waals surface area contributed by atoms with E-state index < -0.39 is 5.54 Å². The highest BCUT2D eigenvalue weighted by atomic mass is 16.5. The van der Waals surface area contributed by atoms with Crippen molar-refractivity contribution in [2.45, 2.75) is 77.0 Å². The van der Waals surface area contributed by atoms with Crippen LogP contribution in [-0.4, -0.2) is 30.2 Å². The fourth-order valence-electron chi connectivity index (χ4n) is 4.94. The summed E-state index contributed by atoms with van der Waals surface area (Å²) in [6.45, 7) is 7.11. The molecule has 2 aliphatic carbocycles. The fourth-order valence-corrected chi connectivity index (χ4v) is 4.94. The van der Waals surface area contributed by atoms with E-state index >= 15 is 0 Å². The van der Waals surface area contributed by atoms with Gasteiger partial charge in [0, 0.05) is 24.0 Å². The van der Waals surface area contributed by atoms with Gasteiger partial charge >= 0.3 is 0 Å². The summed E-state index contributed by atoms with van der Waals surface area (Å²) in [7, 11) is 0. The molecule has 2 saturated carbocycles. The van der Waals surface area contributed by atoms with Gasteiger partial charge in [-0.2, -0.15) is 0 Å². The van der Waals surface area contributed by atoms with Crippen LogP contribution < -0.4 is 11.1 Å². The van der Waals surface area contributed by atoms with Gasteiger partial charge in [-0.05, 0) is 38.5 Å². The zero-order valence-electron chi connectivity index (χ0n) is 13.7. The SMILES string of the molecule is CC(NC(=O)C1(N)C2CCCOC2C1(C)C)C1CCCC1. The minimum absolute atomic E-state index is 0.0404. The van der Waals surface area contributed by atoms with E-state index in [-0.39, 0.29) is 29.4 Å². The molecule has 4 nitrogen and oxygen atoms in total. The lowest BCUT2D eigenvalue weighted by Crippen LogP contribution is -2.82. The number of fused-ring (bicyclic) bond motifs is 1. The zero-order chi connectivity index (χ0) is 15.3. The first kappa shape index (κ1) is 15.3. The minimum Gasteiger partial charge on any atom is -0.377 e. The van der Waals surface area contributed by atoms with E-state index in [9.17, 15) is 4.79 Å². The quantitative estimate of drug-likeness (QED) is 0.839. The van der Waals surface area contributed by atoms with Gasteiger partial charge < -0.3 is 15.8 Å². The first-order valence-corrected chi connectivity index (χ1v) is 8.60. The van der Waals surface area contributed by atoms with Crippen LogP contribution in [-0.2, 0) is 9.53 Å². The van der Waals surface area contributed by atoms with E-state index in [2.05, 4.69) is 26.1 Å². The summed E-state index contributed by atoms with van der Waals surface area (Å²) in [5, 5.41) is 3.23. The molecule has 1 amide bonds. The standard InChI is InChI=1S/C17H30N2O2/c1-11(12-7-4-5-8-12)19-15(20)17(18)13-9-6-10-21-14(13)16(17,2)3/h11-14H,4-10,18H2,1-3H3,(H,19,20). The average Bonchev–Trinajstić information content (AvgIpc) is 3.00. The predicted molar refractivity (Wildman–Crippen MR) is 82.7 cm³/mol. The molecule has 0 aromatic rings. The van der Waals surface area contributed by atoms with E-state index in [1.165, 1.54) is 25.7 Å². The third-order valence-corrected chi connectivity index (χ3v) is 6.53. The highest BCUT2D eigenvalue weighted by Crippen LogP contribution is 2.57. The molecule has 3 fully saturated rings. The Morgan fingerprint density at radius 1 is 1.24 bits per heavy atom. The first-order valence-electron chi connectivity index (χ1n) is 8.60. The Bertz CT molecular complexity index is 417. The second-order valence-electron chi connectivity index (χ2n) is 7.94. The molecule has 3 rings (SSSR count). The summed E-state index contributed by atoms with van der Waals surface area (Å²) in [5.74, 6) is 0.842. The Morgan fingerprint density at radius 2 is 1.90 bits per heavy atom. The summed E-state index contributed by atoms with van der Waals surface area (Å²) in [4.78, 5) is 12.9. The zero-order valence-corrected chi connectivity index (χ0v) is 13.7. The molecule has 0 aromatic carbocycles. The van der Waals surface area contributed by atoms with E-state index in [1.54, 1.807) is 0 Å². The van der Waals surface area contributed by atoms with Gasteiger partial charge in [0.1, 0.15) is 5.54 Å². The van der Waals surface area contributed by atoms with Crippen molar-refractivity contribution < 1.29 is 9.53 Å². The third-order valence-electron chi connectivity index (χ3n) is 6.53. The summed E-state index contributed by atoms with van der Waals surface area (Å²) in [5.41, 5.74) is 5.58. The van der Waals surface area contributed by atoms with Crippen LogP contribution in [0.4, 0.5) is 0 Å². The van der Waals surface area contributed by atoms with Gasteiger partial charge in [-0.25, -0.2) is 0 Å². The van der Waals surface area contributed by atoms with Gasteiger partial charge in [0.25, 0.3) is 0 Å². The highest BCUT2D eigenvalue weighted by molar-refractivity contribution is 5.89. The number of carbonyl (C=O) groups is 1. The lowest BCUT2D eigenvalue weighted by Gasteiger charge is -2.65. The normalized spacial score (nSPS) is 40.2. The lowest BCUT2D eigenvalue weighted by atomic mass is 9.46. The number of hydrogen-bond donors (Lipinski definition) is 2. The predicted octanol–water partition coefficient (Wildman–Crippen LogP) is 2.21. The third kappa shape index (κ3) is 2.14. The average molecular weight is 294 g/mol. The summed E-state index contributed by atoms with van der Waals surface area (Å²) < 4.78 is 5.88. The van der Waals surface area contributed by atoms with E-state index in [0.29, 0.717) is 5.92 Å². The van der Waals surface area contributed by atoms with Gasteiger partial charge in [-0.1, -0.05) is 26.7 Å². The Labute approximate surface area is 128 Å². The number of rotatable bonds is 3. The monoisotopic (exact) mass is 294 g/mol.